The van der Waals surface area contributed by atoms with Crippen molar-refractivity contribution in [2.24, 2.45) is 0 Å². The molecule has 2 N–H and O–H groups in total. The molecule has 1 spiro atoms. The van der Waals surface area contributed by atoms with Crippen molar-refractivity contribution in [2.45, 2.75) is 37.8 Å². The summed E-state index contributed by atoms with van der Waals surface area (Å²) in [6.45, 7) is 3.78. The van der Waals surface area contributed by atoms with Crippen molar-refractivity contribution in [1.29, 1.82) is 0 Å². The number of aromatic amines is 1. The fraction of sp³-hybridized carbons (Fsp3) is 0.476. The molecule has 0 unspecified atom stereocenters. The maximum absolute atomic E-state index is 12.8. The average molecular weight is 353 g/mol. The molecule has 0 bridgehead atoms. The number of H-pyrrole nitrogens is 1. The predicted octanol–water partition coefficient (Wildman–Crippen LogP) is 2.77. The minimum atomic E-state index is 0.0938. The Bertz CT molecular complexity index is 824. The number of nitrogens with zero attached hydrogens (tertiary/aromatic N) is 1. The fourth-order valence-corrected chi connectivity index (χ4v) is 4.51. The smallest absolute Gasteiger partial charge is 0.186 e. The highest BCUT2D eigenvalue weighted by atomic mass is 16.5. The van der Waals surface area contributed by atoms with Gasteiger partial charge >= 0.3 is 0 Å². The van der Waals surface area contributed by atoms with E-state index in [1.54, 1.807) is 13.2 Å². The molecule has 2 aromatic rings. The summed E-state index contributed by atoms with van der Waals surface area (Å²) in [6.07, 6.45) is 6.94. The zero-order chi connectivity index (χ0) is 18.0. The minimum Gasteiger partial charge on any atom is -0.496 e. The summed E-state index contributed by atoms with van der Waals surface area (Å²) >= 11 is 0. The molecule has 5 heteroatoms. The minimum absolute atomic E-state index is 0.0938. The second-order valence-corrected chi connectivity index (χ2v) is 7.47. The van der Waals surface area contributed by atoms with E-state index in [1.807, 2.05) is 30.5 Å². The number of ether oxygens (including phenoxy) is 1. The average Bonchev–Trinajstić information content (AvgIpc) is 3.14. The molecule has 1 aromatic carbocycles. The molecule has 1 aliphatic heterocycles. The third kappa shape index (κ3) is 3.17. The van der Waals surface area contributed by atoms with Crippen LogP contribution >= 0.6 is 0 Å². The van der Waals surface area contributed by atoms with Gasteiger partial charge in [-0.3, -0.25) is 9.69 Å². The van der Waals surface area contributed by atoms with Crippen molar-refractivity contribution in [3.05, 3.63) is 52.3 Å². The summed E-state index contributed by atoms with van der Waals surface area (Å²) in [5, 5.41) is 3.55. The number of aromatic nitrogens is 1. The number of para-hydroxylation sites is 1. The van der Waals surface area contributed by atoms with Gasteiger partial charge in [-0.2, -0.15) is 0 Å². The van der Waals surface area contributed by atoms with Gasteiger partial charge in [0.2, 0.25) is 0 Å². The maximum Gasteiger partial charge on any atom is 0.186 e. The first-order valence-electron chi connectivity index (χ1n) is 9.53. The lowest BCUT2D eigenvalue weighted by Crippen LogP contribution is -2.59. The summed E-state index contributed by atoms with van der Waals surface area (Å²) in [7, 11) is 1.65. The van der Waals surface area contributed by atoms with Crippen LogP contribution in [0.15, 0.2) is 41.3 Å². The van der Waals surface area contributed by atoms with Crippen LogP contribution in [0.3, 0.4) is 0 Å². The molecule has 1 aliphatic carbocycles. The van der Waals surface area contributed by atoms with Gasteiger partial charge in [-0.25, -0.2) is 0 Å². The Hall–Kier alpha value is -2.11. The number of benzene rings is 1. The molecule has 1 saturated heterocycles. The van der Waals surface area contributed by atoms with Crippen LogP contribution in [0.4, 0.5) is 0 Å². The topological polar surface area (TPSA) is 57.4 Å². The van der Waals surface area contributed by atoms with Gasteiger partial charge in [0.15, 0.2) is 5.43 Å². The predicted molar refractivity (Wildman–Crippen MR) is 104 cm³/mol. The van der Waals surface area contributed by atoms with Crippen LogP contribution in [0.25, 0.3) is 11.3 Å². The van der Waals surface area contributed by atoms with E-state index in [9.17, 15) is 4.79 Å². The largest absolute Gasteiger partial charge is 0.496 e. The van der Waals surface area contributed by atoms with Gasteiger partial charge in [0, 0.05) is 55.1 Å². The van der Waals surface area contributed by atoms with Crippen molar-refractivity contribution >= 4 is 0 Å². The molecular weight excluding hydrogens is 326 g/mol. The molecule has 2 fully saturated rings. The fourth-order valence-electron chi connectivity index (χ4n) is 4.51. The summed E-state index contributed by atoms with van der Waals surface area (Å²) in [6, 6.07) is 9.46. The van der Waals surface area contributed by atoms with E-state index in [-0.39, 0.29) is 11.0 Å². The van der Waals surface area contributed by atoms with Crippen LogP contribution in [0.5, 0.6) is 5.75 Å². The standard InChI is InChI=1S/C21H27N3O2/c1-26-20-7-3-2-6-17(20)18-12-19(25)16(13-23-18)14-24-11-10-22-15-21(24)8-4-5-9-21/h2-3,6-7,12-13,22H,4-5,8-11,14-15H2,1H3,(H,23,25). The molecule has 0 amide bonds. The Morgan fingerprint density at radius 2 is 2.04 bits per heavy atom. The van der Waals surface area contributed by atoms with E-state index in [4.69, 9.17) is 4.74 Å². The molecule has 4 rings (SSSR count). The lowest BCUT2D eigenvalue weighted by Gasteiger charge is -2.45. The van der Waals surface area contributed by atoms with Crippen LogP contribution < -0.4 is 15.5 Å². The van der Waals surface area contributed by atoms with Gasteiger partial charge in [0.25, 0.3) is 0 Å². The Kier molecular flexibility index (Phi) is 4.83. The van der Waals surface area contributed by atoms with Gasteiger partial charge < -0.3 is 15.0 Å². The number of pyridine rings is 1. The van der Waals surface area contributed by atoms with Crippen LogP contribution in [0.2, 0.25) is 0 Å². The molecular formula is C21H27N3O2. The number of hydrogen-bond acceptors (Lipinski definition) is 4. The van der Waals surface area contributed by atoms with Crippen molar-refractivity contribution < 1.29 is 4.74 Å². The van der Waals surface area contributed by atoms with Crippen LogP contribution in [-0.4, -0.2) is 42.2 Å². The molecule has 26 heavy (non-hydrogen) atoms. The first-order valence-corrected chi connectivity index (χ1v) is 9.53. The number of hydrogen-bond donors (Lipinski definition) is 2. The maximum atomic E-state index is 12.8. The summed E-state index contributed by atoms with van der Waals surface area (Å²) in [5.74, 6) is 0.767. The van der Waals surface area contributed by atoms with Gasteiger partial charge in [0.1, 0.15) is 5.75 Å². The molecule has 1 saturated carbocycles. The Morgan fingerprint density at radius 3 is 2.81 bits per heavy atom. The number of piperazine rings is 1. The van der Waals surface area contributed by atoms with Crippen molar-refractivity contribution in [3.63, 3.8) is 0 Å². The second kappa shape index (κ2) is 7.25. The van der Waals surface area contributed by atoms with E-state index in [2.05, 4.69) is 15.2 Å². The Morgan fingerprint density at radius 1 is 1.23 bits per heavy atom. The summed E-state index contributed by atoms with van der Waals surface area (Å²) in [4.78, 5) is 18.6. The zero-order valence-electron chi connectivity index (χ0n) is 15.4. The monoisotopic (exact) mass is 353 g/mol. The lowest BCUT2D eigenvalue weighted by atomic mass is 9.92. The third-order valence-corrected chi connectivity index (χ3v) is 5.97. The molecule has 2 heterocycles. The molecule has 2 aliphatic rings. The van der Waals surface area contributed by atoms with Gasteiger partial charge in [-0.1, -0.05) is 25.0 Å². The molecule has 5 nitrogen and oxygen atoms in total. The first-order chi connectivity index (χ1) is 12.7. The highest BCUT2D eigenvalue weighted by Gasteiger charge is 2.41. The van der Waals surface area contributed by atoms with E-state index in [1.165, 1.54) is 25.7 Å². The lowest BCUT2D eigenvalue weighted by molar-refractivity contribution is 0.0569. The van der Waals surface area contributed by atoms with Gasteiger partial charge in [-0.05, 0) is 25.0 Å². The second-order valence-electron chi connectivity index (χ2n) is 7.47. The Labute approximate surface area is 154 Å². The van der Waals surface area contributed by atoms with Gasteiger partial charge in [0.05, 0.1) is 12.8 Å². The van der Waals surface area contributed by atoms with Crippen molar-refractivity contribution in [2.75, 3.05) is 26.7 Å². The molecule has 138 valence electrons. The van der Waals surface area contributed by atoms with E-state index < -0.39 is 0 Å². The highest BCUT2D eigenvalue weighted by molar-refractivity contribution is 5.66. The first kappa shape index (κ1) is 17.3. The van der Waals surface area contributed by atoms with E-state index in [0.717, 1.165) is 48.7 Å². The van der Waals surface area contributed by atoms with Crippen molar-refractivity contribution in [1.82, 2.24) is 15.2 Å². The van der Waals surface area contributed by atoms with E-state index in [0.29, 0.717) is 0 Å². The van der Waals surface area contributed by atoms with Crippen LogP contribution in [-0.2, 0) is 6.54 Å². The summed E-state index contributed by atoms with van der Waals surface area (Å²) < 4.78 is 5.42. The van der Waals surface area contributed by atoms with Crippen LogP contribution in [0.1, 0.15) is 31.2 Å². The quantitative estimate of drug-likeness (QED) is 0.887. The summed E-state index contributed by atoms with van der Waals surface area (Å²) in [5.41, 5.74) is 2.89. The molecule has 0 radical (unpaired) electrons. The number of nitrogens with one attached hydrogen (secondary N) is 2. The highest BCUT2D eigenvalue weighted by Crippen LogP contribution is 2.36. The van der Waals surface area contributed by atoms with Crippen LogP contribution in [0, 0.1) is 0 Å². The number of methoxy groups -OCH3 is 1. The van der Waals surface area contributed by atoms with E-state index >= 15 is 0 Å². The normalized spacial score (nSPS) is 19.7. The van der Waals surface area contributed by atoms with Gasteiger partial charge in [-0.15, -0.1) is 0 Å². The SMILES string of the molecule is COc1ccccc1-c1cc(=O)c(CN2CCNCC23CCCC3)c[nH]1. The third-order valence-electron chi connectivity index (χ3n) is 5.97. The Balaban J connectivity index is 1.59. The van der Waals surface area contributed by atoms with Crippen molar-refractivity contribution in [3.8, 4) is 17.0 Å². The molecule has 1 aromatic heterocycles. The molecule has 0 atom stereocenters. The zero-order valence-corrected chi connectivity index (χ0v) is 15.4. The number of rotatable bonds is 4.